The molecule has 1 aliphatic rings. The summed E-state index contributed by atoms with van der Waals surface area (Å²) in [6.45, 7) is 0.929. The smallest absolute Gasteiger partial charge is 0.253 e. The van der Waals surface area contributed by atoms with E-state index in [4.69, 9.17) is 5.73 Å². The average Bonchev–Trinajstić information content (AvgIpc) is 2.29. The van der Waals surface area contributed by atoms with Gasteiger partial charge in [-0.1, -0.05) is 0 Å². The van der Waals surface area contributed by atoms with Crippen molar-refractivity contribution >= 4 is 11.8 Å². The molecule has 1 aliphatic heterocycles. The molecule has 0 fully saturated rings. The Labute approximate surface area is 64.7 Å². The first-order chi connectivity index (χ1) is 5.25. The summed E-state index contributed by atoms with van der Waals surface area (Å²) in [5, 5.41) is 0. The molecule has 0 atom stereocenters. The van der Waals surface area contributed by atoms with Gasteiger partial charge in [-0.15, -0.1) is 0 Å². The molecule has 2 amide bonds. The standard InChI is InChI=1S/C7H10N2O2/c8-4-1-5-9-6(10)2-3-7(9)11/h2-3H,1,4-5,8H2. The van der Waals surface area contributed by atoms with Gasteiger partial charge in [0.05, 0.1) is 0 Å². The summed E-state index contributed by atoms with van der Waals surface area (Å²) >= 11 is 0. The van der Waals surface area contributed by atoms with Crippen molar-refractivity contribution in [1.82, 2.24) is 4.90 Å². The maximum absolute atomic E-state index is 10.9. The first-order valence-corrected chi connectivity index (χ1v) is 3.49. The highest BCUT2D eigenvalue weighted by atomic mass is 16.2. The van der Waals surface area contributed by atoms with Crippen LogP contribution in [-0.2, 0) is 9.59 Å². The van der Waals surface area contributed by atoms with Gasteiger partial charge in [-0.3, -0.25) is 14.5 Å². The van der Waals surface area contributed by atoms with E-state index in [-0.39, 0.29) is 11.8 Å². The van der Waals surface area contributed by atoms with Crippen LogP contribution in [0.4, 0.5) is 0 Å². The minimum Gasteiger partial charge on any atom is -0.330 e. The predicted molar refractivity (Wildman–Crippen MR) is 39.5 cm³/mol. The van der Waals surface area contributed by atoms with E-state index < -0.39 is 0 Å². The maximum Gasteiger partial charge on any atom is 0.253 e. The molecule has 2 N–H and O–H groups in total. The topological polar surface area (TPSA) is 63.4 Å². The lowest BCUT2D eigenvalue weighted by atomic mass is 10.4. The van der Waals surface area contributed by atoms with Crippen molar-refractivity contribution in [3.63, 3.8) is 0 Å². The first kappa shape index (κ1) is 7.94. The first-order valence-electron chi connectivity index (χ1n) is 3.49. The summed E-state index contributed by atoms with van der Waals surface area (Å²) < 4.78 is 0. The van der Waals surface area contributed by atoms with Crippen molar-refractivity contribution < 1.29 is 9.59 Å². The molecule has 0 aromatic carbocycles. The van der Waals surface area contributed by atoms with Crippen molar-refractivity contribution in [3.8, 4) is 0 Å². The van der Waals surface area contributed by atoms with Gasteiger partial charge >= 0.3 is 0 Å². The summed E-state index contributed by atoms with van der Waals surface area (Å²) in [6, 6.07) is 0. The lowest BCUT2D eigenvalue weighted by molar-refractivity contribution is -0.136. The molecule has 0 saturated carbocycles. The Hall–Kier alpha value is -1.16. The summed E-state index contributed by atoms with van der Waals surface area (Å²) in [5.41, 5.74) is 5.23. The van der Waals surface area contributed by atoms with Gasteiger partial charge in [0.25, 0.3) is 11.8 Å². The maximum atomic E-state index is 10.9. The molecular weight excluding hydrogens is 144 g/mol. The number of imide groups is 1. The largest absolute Gasteiger partial charge is 0.330 e. The number of amides is 2. The molecule has 1 rings (SSSR count). The summed E-state index contributed by atoms with van der Waals surface area (Å²) in [5.74, 6) is -0.466. The summed E-state index contributed by atoms with van der Waals surface area (Å²) in [6.07, 6.45) is 3.22. The Kier molecular flexibility index (Phi) is 2.38. The SMILES string of the molecule is NCCCN1C(=O)C=CC1=O. The molecule has 0 aromatic rings. The quantitative estimate of drug-likeness (QED) is 0.544. The van der Waals surface area contributed by atoms with E-state index in [1.807, 2.05) is 0 Å². The van der Waals surface area contributed by atoms with Crippen LogP contribution in [0.15, 0.2) is 12.2 Å². The van der Waals surface area contributed by atoms with Crippen molar-refractivity contribution in [2.24, 2.45) is 5.73 Å². The number of nitrogens with two attached hydrogens (primary N) is 1. The van der Waals surface area contributed by atoms with E-state index in [1.165, 1.54) is 17.1 Å². The molecule has 4 heteroatoms. The van der Waals surface area contributed by atoms with E-state index in [1.54, 1.807) is 0 Å². The Bertz CT molecular complexity index is 192. The predicted octanol–water partition coefficient (Wildman–Crippen LogP) is -0.740. The van der Waals surface area contributed by atoms with E-state index in [0.717, 1.165) is 0 Å². The third-order valence-electron chi connectivity index (χ3n) is 1.49. The van der Waals surface area contributed by atoms with E-state index in [0.29, 0.717) is 19.5 Å². The van der Waals surface area contributed by atoms with Gasteiger partial charge in [0.1, 0.15) is 0 Å². The third-order valence-corrected chi connectivity index (χ3v) is 1.49. The highest BCUT2D eigenvalue weighted by Crippen LogP contribution is 2.02. The highest BCUT2D eigenvalue weighted by Gasteiger charge is 2.21. The van der Waals surface area contributed by atoms with Crippen LogP contribution in [0.1, 0.15) is 6.42 Å². The number of rotatable bonds is 3. The number of hydrogen-bond donors (Lipinski definition) is 1. The van der Waals surface area contributed by atoms with Crippen LogP contribution in [-0.4, -0.2) is 29.8 Å². The van der Waals surface area contributed by atoms with E-state index in [9.17, 15) is 9.59 Å². The van der Waals surface area contributed by atoms with Crippen molar-refractivity contribution in [2.75, 3.05) is 13.1 Å². The molecule has 0 spiro atoms. The van der Waals surface area contributed by atoms with Gasteiger partial charge in [-0.05, 0) is 13.0 Å². The van der Waals surface area contributed by atoms with Gasteiger partial charge in [-0.25, -0.2) is 0 Å². The van der Waals surface area contributed by atoms with E-state index >= 15 is 0 Å². The molecule has 0 aliphatic carbocycles. The van der Waals surface area contributed by atoms with Gasteiger partial charge in [0.2, 0.25) is 0 Å². The zero-order valence-electron chi connectivity index (χ0n) is 6.12. The Morgan fingerprint density at radius 3 is 2.27 bits per heavy atom. The van der Waals surface area contributed by atoms with Crippen LogP contribution in [0, 0.1) is 0 Å². The molecule has 0 unspecified atom stereocenters. The second-order valence-electron chi connectivity index (χ2n) is 2.30. The minimum atomic E-state index is -0.233. The molecule has 4 nitrogen and oxygen atoms in total. The zero-order valence-corrected chi connectivity index (χ0v) is 6.12. The number of carbonyl (C=O) groups excluding carboxylic acids is 2. The third kappa shape index (κ3) is 1.65. The molecule has 0 saturated heterocycles. The van der Waals surface area contributed by atoms with Gasteiger partial charge in [0.15, 0.2) is 0 Å². The summed E-state index contributed by atoms with van der Waals surface area (Å²) in [4.78, 5) is 22.9. The lowest BCUT2D eigenvalue weighted by Gasteiger charge is -2.11. The van der Waals surface area contributed by atoms with Crippen LogP contribution in [0.2, 0.25) is 0 Å². The number of carbonyl (C=O) groups is 2. The highest BCUT2D eigenvalue weighted by molar-refractivity contribution is 6.12. The van der Waals surface area contributed by atoms with Gasteiger partial charge < -0.3 is 5.73 Å². The van der Waals surface area contributed by atoms with Crippen molar-refractivity contribution in [1.29, 1.82) is 0 Å². The number of nitrogens with zero attached hydrogens (tertiary/aromatic N) is 1. The lowest BCUT2D eigenvalue weighted by Crippen LogP contribution is -2.31. The Morgan fingerprint density at radius 1 is 1.27 bits per heavy atom. The Morgan fingerprint density at radius 2 is 1.82 bits per heavy atom. The van der Waals surface area contributed by atoms with Crippen molar-refractivity contribution in [3.05, 3.63) is 12.2 Å². The molecule has 0 radical (unpaired) electrons. The van der Waals surface area contributed by atoms with Crippen LogP contribution in [0.25, 0.3) is 0 Å². The second kappa shape index (κ2) is 3.30. The second-order valence-corrected chi connectivity index (χ2v) is 2.30. The molecule has 60 valence electrons. The zero-order chi connectivity index (χ0) is 8.27. The Balaban J connectivity index is 2.46. The molecular formula is C7H10N2O2. The van der Waals surface area contributed by atoms with Crippen LogP contribution < -0.4 is 5.73 Å². The van der Waals surface area contributed by atoms with E-state index in [2.05, 4.69) is 0 Å². The molecule has 0 bridgehead atoms. The summed E-state index contributed by atoms with van der Waals surface area (Å²) in [7, 11) is 0. The van der Waals surface area contributed by atoms with Gasteiger partial charge in [0, 0.05) is 18.7 Å². The van der Waals surface area contributed by atoms with Crippen LogP contribution >= 0.6 is 0 Å². The fourth-order valence-electron chi connectivity index (χ4n) is 0.901. The normalized spacial score (nSPS) is 16.6. The number of hydrogen-bond acceptors (Lipinski definition) is 3. The monoisotopic (exact) mass is 154 g/mol. The fourth-order valence-corrected chi connectivity index (χ4v) is 0.901. The molecule has 11 heavy (non-hydrogen) atoms. The van der Waals surface area contributed by atoms with Gasteiger partial charge in [-0.2, -0.15) is 0 Å². The van der Waals surface area contributed by atoms with Crippen molar-refractivity contribution in [2.45, 2.75) is 6.42 Å². The molecule has 0 aromatic heterocycles. The van der Waals surface area contributed by atoms with Crippen LogP contribution in [0.3, 0.4) is 0 Å². The molecule has 1 heterocycles. The van der Waals surface area contributed by atoms with Crippen LogP contribution in [0.5, 0.6) is 0 Å². The fraction of sp³-hybridized carbons (Fsp3) is 0.429. The average molecular weight is 154 g/mol. The minimum absolute atomic E-state index is 0.233.